The molecule has 2 rings (SSSR count). The van der Waals surface area contributed by atoms with Crippen LogP contribution in [-0.4, -0.2) is 22.8 Å². The molecule has 114 valence electrons. The second-order valence-corrected chi connectivity index (χ2v) is 4.27. The fourth-order valence-corrected chi connectivity index (χ4v) is 1.62. The van der Waals surface area contributed by atoms with Gasteiger partial charge in [-0.25, -0.2) is 9.97 Å². The lowest BCUT2D eigenvalue weighted by molar-refractivity contribution is -0.154. The van der Waals surface area contributed by atoms with Crippen LogP contribution < -0.4 is 10.1 Å². The molecule has 0 aliphatic carbocycles. The molecule has 0 spiro atoms. The van der Waals surface area contributed by atoms with Gasteiger partial charge in [-0.15, -0.1) is 0 Å². The van der Waals surface area contributed by atoms with Crippen LogP contribution in [0.2, 0.25) is 0 Å². The van der Waals surface area contributed by atoms with E-state index in [1.807, 2.05) is 6.07 Å². The van der Waals surface area contributed by atoms with Crippen molar-refractivity contribution in [2.24, 2.45) is 0 Å². The molecule has 2 aromatic heterocycles. The molecule has 0 aliphatic rings. The second kappa shape index (κ2) is 6.76. The van der Waals surface area contributed by atoms with E-state index in [-0.39, 0.29) is 12.4 Å². The van der Waals surface area contributed by atoms with Crippen LogP contribution in [0.1, 0.15) is 11.1 Å². The fourth-order valence-electron chi connectivity index (χ4n) is 1.62. The number of anilines is 1. The smallest absolute Gasteiger partial charge is 0.422 e. The highest BCUT2D eigenvalue weighted by atomic mass is 19.4. The summed E-state index contributed by atoms with van der Waals surface area (Å²) in [4.78, 5) is 7.74. The molecular weight excluding hydrogens is 297 g/mol. The number of nitrogens with one attached hydrogen (secondary N) is 1. The molecule has 0 fully saturated rings. The first-order valence-corrected chi connectivity index (χ1v) is 6.21. The number of aromatic nitrogens is 2. The SMILES string of the molecule is N#Cc1cccnc1NCc1ccnc(OCC(F)(F)F)c1. The summed E-state index contributed by atoms with van der Waals surface area (Å²) in [5.74, 6) is 0.290. The van der Waals surface area contributed by atoms with E-state index in [0.29, 0.717) is 16.9 Å². The molecule has 0 unspecified atom stereocenters. The van der Waals surface area contributed by atoms with E-state index in [1.165, 1.54) is 18.5 Å². The maximum atomic E-state index is 12.1. The summed E-state index contributed by atoms with van der Waals surface area (Å²) in [5.41, 5.74) is 1.03. The first kappa shape index (κ1) is 15.6. The molecule has 0 saturated carbocycles. The standard InChI is InChI=1S/C14H11F3N4O/c15-14(16,17)9-22-12-6-10(3-5-19-12)8-21-13-11(7-18)2-1-4-20-13/h1-6H,8-9H2,(H,20,21). The van der Waals surface area contributed by atoms with Gasteiger partial charge in [0, 0.05) is 25.0 Å². The van der Waals surface area contributed by atoms with Crippen molar-refractivity contribution in [3.8, 4) is 11.9 Å². The highest BCUT2D eigenvalue weighted by Gasteiger charge is 2.28. The van der Waals surface area contributed by atoms with Crippen LogP contribution in [0.4, 0.5) is 19.0 Å². The molecule has 1 N–H and O–H groups in total. The highest BCUT2D eigenvalue weighted by molar-refractivity contribution is 5.51. The van der Waals surface area contributed by atoms with Crippen LogP contribution in [0.15, 0.2) is 36.7 Å². The van der Waals surface area contributed by atoms with Crippen molar-refractivity contribution in [2.45, 2.75) is 12.7 Å². The fraction of sp³-hybridized carbons (Fsp3) is 0.214. The van der Waals surface area contributed by atoms with Gasteiger partial charge in [0.05, 0.1) is 5.56 Å². The Hall–Kier alpha value is -2.82. The Morgan fingerprint density at radius 1 is 1.23 bits per heavy atom. The van der Waals surface area contributed by atoms with Crippen molar-refractivity contribution in [1.29, 1.82) is 5.26 Å². The summed E-state index contributed by atoms with van der Waals surface area (Å²) in [6.45, 7) is -1.12. The van der Waals surface area contributed by atoms with Gasteiger partial charge in [-0.05, 0) is 23.8 Å². The number of hydrogen-bond acceptors (Lipinski definition) is 5. The topological polar surface area (TPSA) is 70.8 Å². The van der Waals surface area contributed by atoms with Crippen LogP contribution in [0.5, 0.6) is 5.88 Å². The van der Waals surface area contributed by atoms with Crippen molar-refractivity contribution >= 4 is 5.82 Å². The molecular formula is C14H11F3N4O. The maximum Gasteiger partial charge on any atom is 0.422 e. The van der Waals surface area contributed by atoms with Crippen LogP contribution in [0.25, 0.3) is 0 Å². The molecule has 5 nitrogen and oxygen atoms in total. The molecule has 0 amide bonds. The third-order valence-corrected chi connectivity index (χ3v) is 2.57. The van der Waals surface area contributed by atoms with Gasteiger partial charge in [0.2, 0.25) is 5.88 Å². The van der Waals surface area contributed by atoms with Gasteiger partial charge in [0.1, 0.15) is 11.9 Å². The van der Waals surface area contributed by atoms with Crippen LogP contribution in [0.3, 0.4) is 0 Å². The number of nitrogens with zero attached hydrogens (tertiary/aromatic N) is 3. The zero-order valence-corrected chi connectivity index (χ0v) is 11.3. The van der Waals surface area contributed by atoms with Gasteiger partial charge in [-0.3, -0.25) is 0 Å². The Balaban J connectivity index is 2.00. The van der Waals surface area contributed by atoms with Gasteiger partial charge < -0.3 is 10.1 Å². The zero-order chi connectivity index (χ0) is 16.0. The number of pyridine rings is 2. The van der Waals surface area contributed by atoms with Crippen molar-refractivity contribution in [3.05, 3.63) is 47.8 Å². The minimum Gasteiger partial charge on any atom is -0.468 e. The van der Waals surface area contributed by atoms with Gasteiger partial charge >= 0.3 is 6.18 Å². The van der Waals surface area contributed by atoms with Gasteiger partial charge in [-0.1, -0.05) is 0 Å². The summed E-state index contributed by atoms with van der Waals surface area (Å²) < 4.78 is 40.8. The number of rotatable bonds is 5. The van der Waals surface area contributed by atoms with Crippen molar-refractivity contribution < 1.29 is 17.9 Å². The largest absolute Gasteiger partial charge is 0.468 e. The first-order valence-electron chi connectivity index (χ1n) is 6.21. The molecule has 0 atom stereocenters. The normalized spacial score (nSPS) is 10.8. The first-order chi connectivity index (χ1) is 10.5. The number of ether oxygens (including phenoxy) is 1. The number of alkyl halides is 3. The summed E-state index contributed by atoms with van der Waals surface area (Å²) in [5, 5.41) is 11.9. The Bertz CT molecular complexity index is 682. The zero-order valence-electron chi connectivity index (χ0n) is 11.3. The van der Waals surface area contributed by atoms with E-state index in [4.69, 9.17) is 5.26 Å². The quantitative estimate of drug-likeness (QED) is 0.919. The summed E-state index contributed by atoms with van der Waals surface area (Å²) in [6, 6.07) is 8.27. The third-order valence-electron chi connectivity index (χ3n) is 2.57. The van der Waals surface area contributed by atoms with E-state index < -0.39 is 12.8 Å². The molecule has 0 bridgehead atoms. The van der Waals surface area contributed by atoms with E-state index in [9.17, 15) is 13.2 Å². The lowest BCUT2D eigenvalue weighted by atomic mass is 10.2. The van der Waals surface area contributed by atoms with Crippen molar-refractivity contribution in [1.82, 2.24) is 9.97 Å². The lowest BCUT2D eigenvalue weighted by Crippen LogP contribution is -2.19. The number of halogens is 3. The van der Waals surface area contributed by atoms with E-state index in [2.05, 4.69) is 20.0 Å². The van der Waals surface area contributed by atoms with E-state index >= 15 is 0 Å². The minimum atomic E-state index is -4.41. The van der Waals surface area contributed by atoms with E-state index in [1.54, 1.807) is 18.2 Å². The minimum absolute atomic E-state index is 0.113. The Morgan fingerprint density at radius 3 is 2.77 bits per heavy atom. The monoisotopic (exact) mass is 308 g/mol. The summed E-state index contributed by atoms with van der Waals surface area (Å²) >= 11 is 0. The number of hydrogen-bond donors (Lipinski definition) is 1. The second-order valence-electron chi connectivity index (χ2n) is 4.27. The summed E-state index contributed by atoms with van der Waals surface area (Å²) in [7, 11) is 0. The number of nitriles is 1. The molecule has 0 radical (unpaired) electrons. The highest BCUT2D eigenvalue weighted by Crippen LogP contribution is 2.18. The molecule has 22 heavy (non-hydrogen) atoms. The molecule has 0 aliphatic heterocycles. The third kappa shape index (κ3) is 4.63. The van der Waals surface area contributed by atoms with Crippen molar-refractivity contribution in [2.75, 3.05) is 11.9 Å². The Morgan fingerprint density at radius 2 is 2.05 bits per heavy atom. The van der Waals surface area contributed by atoms with Crippen LogP contribution in [0, 0.1) is 11.3 Å². The Kier molecular flexibility index (Phi) is 4.78. The Labute approximate surface area is 124 Å². The van der Waals surface area contributed by atoms with Gasteiger partial charge in [0.25, 0.3) is 0 Å². The van der Waals surface area contributed by atoms with Crippen molar-refractivity contribution in [3.63, 3.8) is 0 Å². The molecule has 2 heterocycles. The molecule has 0 aromatic carbocycles. The predicted molar refractivity (Wildman–Crippen MR) is 72.1 cm³/mol. The average Bonchev–Trinajstić information content (AvgIpc) is 2.51. The predicted octanol–water partition coefficient (Wildman–Crippen LogP) is 2.90. The average molecular weight is 308 g/mol. The molecule has 8 heteroatoms. The van der Waals surface area contributed by atoms with Gasteiger partial charge in [-0.2, -0.15) is 18.4 Å². The van der Waals surface area contributed by atoms with Gasteiger partial charge in [0.15, 0.2) is 6.61 Å². The van der Waals surface area contributed by atoms with Crippen LogP contribution >= 0.6 is 0 Å². The molecule has 0 saturated heterocycles. The molecule has 2 aromatic rings. The lowest BCUT2D eigenvalue weighted by Gasteiger charge is -2.10. The summed E-state index contributed by atoms with van der Waals surface area (Å²) in [6.07, 6.45) is -1.52. The van der Waals surface area contributed by atoms with E-state index in [0.717, 1.165) is 0 Å². The maximum absolute atomic E-state index is 12.1. The van der Waals surface area contributed by atoms with Crippen LogP contribution in [-0.2, 0) is 6.54 Å².